The lowest BCUT2D eigenvalue weighted by molar-refractivity contribution is -0.109. The van der Waals surface area contributed by atoms with Crippen molar-refractivity contribution in [2.45, 2.75) is 80.6 Å². The molecular weight excluding hydrogens is 522 g/mol. The molecule has 0 heterocycles. The van der Waals surface area contributed by atoms with Gasteiger partial charge in [-0.15, -0.1) is 0 Å². The highest BCUT2D eigenvalue weighted by molar-refractivity contribution is 5.87. The van der Waals surface area contributed by atoms with E-state index in [0.717, 1.165) is 56.4 Å². The average Bonchev–Trinajstić information content (AvgIpc) is 2.96. The van der Waals surface area contributed by atoms with Crippen LogP contribution >= 0.6 is 0 Å². The molecule has 0 aliphatic heterocycles. The van der Waals surface area contributed by atoms with Gasteiger partial charge in [0.1, 0.15) is 0 Å². The van der Waals surface area contributed by atoms with Crippen LogP contribution in [0.15, 0.2) is 78.2 Å². The molecule has 42 heavy (non-hydrogen) atoms. The number of aromatic carboxylic acids is 1. The van der Waals surface area contributed by atoms with Crippen LogP contribution in [0.2, 0.25) is 0 Å². The van der Waals surface area contributed by atoms with Crippen LogP contribution in [0.4, 0.5) is 0 Å². The first-order valence-corrected chi connectivity index (χ1v) is 15.2. The highest BCUT2D eigenvalue weighted by atomic mass is 16.4. The molecule has 6 nitrogen and oxygen atoms in total. The zero-order valence-electron chi connectivity index (χ0n) is 27.4. The average molecular weight is 580 g/mol. The van der Waals surface area contributed by atoms with Crippen LogP contribution in [0.25, 0.3) is 6.08 Å². The van der Waals surface area contributed by atoms with Crippen molar-refractivity contribution in [1.82, 2.24) is 16.0 Å². The van der Waals surface area contributed by atoms with Crippen molar-refractivity contribution in [3.8, 4) is 0 Å². The third-order valence-electron chi connectivity index (χ3n) is 7.17. The van der Waals surface area contributed by atoms with Crippen LogP contribution in [-0.2, 0) is 4.79 Å². The Kier molecular flexibility index (Phi) is 21.1. The second-order valence-electron chi connectivity index (χ2n) is 11.5. The van der Waals surface area contributed by atoms with Gasteiger partial charge in [-0.3, -0.25) is 4.79 Å². The number of rotatable bonds is 18. The van der Waals surface area contributed by atoms with Gasteiger partial charge in [-0.2, -0.15) is 0 Å². The summed E-state index contributed by atoms with van der Waals surface area (Å²) in [5.41, 5.74) is 2.95. The largest absolute Gasteiger partial charge is 0.478 e. The highest BCUT2D eigenvalue weighted by Crippen LogP contribution is 2.28. The Hall–Kier alpha value is -3.54. The fraction of sp³-hybridized carbons (Fsp3) is 0.500. The van der Waals surface area contributed by atoms with Crippen molar-refractivity contribution < 1.29 is 14.7 Å². The molecular formula is C36H57N3O3. The Morgan fingerprint density at radius 3 is 2.31 bits per heavy atom. The SMILES string of the molecule is C/C=C\C(=C/C)CC(/C=C/c1ccc(C(=O)O)cc1)CCCNC=O.CC/C=C(/NC)NC/C=C\CC(C)C(C)(C)C. The standard InChI is InChI=1S/C21H27NO3.C15H30N2/c1-3-6-17(4-2)15-19(7-5-14-22-16-23)9-8-18-10-12-20(13-11-18)21(24)25;1-7-10-14(16-6)17-12-9-8-11-13(2)15(3,4)5/h3-4,6,8-13,16,19H,5,7,14-15H2,1-2H3,(H,22,23)(H,24,25);8-10,13,16-17H,7,11-12H2,1-6H3/b6-3-,9-8+,17-4+;9-8-,14-10-. The Bertz CT molecular complexity index is 1030. The van der Waals surface area contributed by atoms with E-state index in [2.05, 4.69) is 87.0 Å². The summed E-state index contributed by atoms with van der Waals surface area (Å²) in [6.45, 7) is 17.0. The van der Waals surface area contributed by atoms with E-state index in [1.54, 1.807) is 12.1 Å². The Labute approximate surface area is 256 Å². The van der Waals surface area contributed by atoms with E-state index in [-0.39, 0.29) is 5.56 Å². The van der Waals surface area contributed by atoms with Gasteiger partial charge in [0.2, 0.25) is 6.41 Å². The molecule has 1 aromatic rings. The van der Waals surface area contributed by atoms with Crippen LogP contribution in [0.3, 0.4) is 0 Å². The maximum atomic E-state index is 10.9. The minimum Gasteiger partial charge on any atom is -0.478 e. The molecule has 0 aromatic heterocycles. The third kappa shape index (κ3) is 18.7. The van der Waals surface area contributed by atoms with Crippen LogP contribution in [0.5, 0.6) is 0 Å². The van der Waals surface area contributed by atoms with Gasteiger partial charge in [0, 0.05) is 20.1 Å². The van der Waals surface area contributed by atoms with Crippen LogP contribution < -0.4 is 16.0 Å². The number of allylic oxidation sites excluding steroid dienone is 7. The molecule has 1 amide bonds. The van der Waals surface area contributed by atoms with E-state index < -0.39 is 5.97 Å². The molecule has 6 heteroatoms. The number of carbonyl (C=O) groups is 2. The molecule has 2 atom stereocenters. The van der Waals surface area contributed by atoms with Crippen molar-refractivity contribution >= 4 is 18.5 Å². The molecule has 0 aliphatic rings. The molecule has 0 spiro atoms. The maximum Gasteiger partial charge on any atom is 0.335 e. The van der Waals surface area contributed by atoms with Crippen LogP contribution in [0.1, 0.15) is 96.5 Å². The number of carbonyl (C=O) groups excluding carboxylic acids is 1. The van der Waals surface area contributed by atoms with Crippen molar-refractivity contribution in [3.63, 3.8) is 0 Å². The van der Waals surface area contributed by atoms with Gasteiger partial charge in [0.15, 0.2) is 0 Å². The van der Waals surface area contributed by atoms with E-state index >= 15 is 0 Å². The second-order valence-corrected chi connectivity index (χ2v) is 11.5. The highest BCUT2D eigenvalue weighted by Gasteiger charge is 2.18. The van der Waals surface area contributed by atoms with Gasteiger partial charge in [0.05, 0.1) is 11.4 Å². The van der Waals surface area contributed by atoms with Gasteiger partial charge in [0.25, 0.3) is 0 Å². The lowest BCUT2D eigenvalue weighted by Gasteiger charge is -2.26. The van der Waals surface area contributed by atoms with E-state index in [0.29, 0.717) is 23.8 Å². The lowest BCUT2D eigenvalue weighted by Crippen LogP contribution is -2.23. The van der Waals surface area contributed by atoms with Gasteiger partial charge in [-0.1, -0.05) is 94.9 Å². The molecule has 0 radical (unpaired) electrons. The van der Waals surface area contributed by atoms with Crippen molar-refractivity contribution in [2.24, 2.45) is 17.3 Å². The van der Waals surface area contributed by atoms with Gasteiger partial charge < -0.3 is 21.1 Å². The number of carboxylic acids is 1. The monoisotopic (exact) mass is 579 g/mol. The van der Waals surface area contributed by atoms with Gasteiger partial charge in [-0.25, -0.2) is 4.79 Å². The van der Waals surface area contributed by atoms with Crippen LogP contribution in [0, 0.1) is 17.3 Å². The molecule has 1 rings (SSSR count). The zero-order valence-corrected chi connectivity index (χ0v) is 27.4. The minimum atomic E-state index is -0.917. The molecule has 4 N–H and O–H groups in total. The summed E-state index contributed by atoms with van der Waals surface area (Å²) in [5, 5.41) is 18.1. The molecule has 0 saturated carbocycles. The number of hydrogen-bond donors (Lipinski definition) is 4. The predicted octanol–water partition coefficient (Wildman–Crippen LogP) is 8.13. The molecule has 234 valence electrons. The first-order valence-electron chi connectivity index (χ1n) is 15.2. The fourth-order valence-electron chi connectivity index (χ4n) is 3.95. The second kappa shape index (κ2) is 23.1. The number of nitrogens with one attached hydrogen (secondary N) is 3. The summed E-state index contributed by atoms with van der Waals surface area (Å²) >= 11 is 0. The number of amides is 1. The topological polar surface area (TPSA) is 90.5 Å². The first kappa shape index (κ1) is 38.5. The van der Waals surface area contributed by atoms with E-state index in [9.17, 15) is 9.59 Å². The molecule has 1 aromatic carbocycles. The predicted molar refractivity (Wildman–Crippen MR) is 180 cm³/mol. The Morgan fingerprint density at radius 2 is 1.79 bits per heavy atom. The molecule has 0 aliphatic carbocycles. The van der Waals surface area contributed by atoms with E-state index in [1.165, 1.54) is 5.57 Å². The fourth-order valence-corrected chi connectivity index (χ4v) is 3.95. The smallest absolute Gasteiger partial charge is 0.335 e. The normalized spacial score (nSPS) is 14.0. The molecule has 0 saturated heterocycles. The number of hydrogen-bond acceptors (Lipinski definition) is 4. The third-order valence-corrected chi connectivity index (χ3v) is 7.17. The van der Waals surface area contributed by atoms with Crippen molar-refractivity contribution in [3.05, 3.63) is 89.3 Å². The summed E-state index contributed by atoms with van der Waals surface area (Å²) in [6.07, 6.45) is 22.9. The summed E-state index contributed by atoms with van der Waals surface area (Å²) in [7, 11) is 1.94. The quantitative estimate of drug-likeness (QED) is 0.0610. The number of benzene rings is 1. The maximum absolute atomic E-state index is 10.9. The van der Waals surface area contributed by atoms with Crippen molar-refractivity contribution in [1.29, 1.82) is 0 Å². The number of carboxylic acid groups (broad SMARTS) is 1. The van der Waals surface area contributed by atoms with Crippen molar-refractivity contribution in [2.75, 3.05) is 20.1 Å². The zero-order chi connectivity index (χ0) is 31.8. The summed E-state index contributed by atoms with van der Waals surface area (Å²) in [6, 6.07) is 6.85. The molecule has 0 bridgehead atoms. The van der Waals surface area contributed by atoms with Crippen LogP contribution in [-0.4, -0.2) is 37.6 Å². The Morgan fingerprint density at radius 1 is 1.10 bits per heavy atom. The first-order chi connectivity index (χ1) is 20.0. The van der Waals surface area contributed by atoms with E-state index in [4.69, 9.17) is 5.11 Å². The summed E-state index contributed by atoms with van der Waals surface area (Å²) < 4.78 is 0. The molecule has 0 fully saturated rings. The van der Waals surface area contributed by atoms with Gasteiger partial charge >= 0.3 is 5.97 Å². The Balaban J connectivity index is 0.000000865. The molecule has 2 unspecified atom stereocenters. The summed E-state index contributed by atoms with van der Waals surface area (Å²) in [4.78, 5) is 21.3. The van der Waals surface area contributed by atoms with E-state index in [1.807, 2.05) is 45.2 Å². The summed E-state index contributed by atoms with van der Waals surface area (Å²) in [5.74, 6) is 1.27. The van der Waals surface area contributed by atoms with Gasteiger partial charge in [-0.05, 0) is 87.0 Å². The lowest BCUT2D eigenvalue weighted by atomic mass is 9.80. The minimum absolute atomic E-state index is 0.290.